The lowest BCUT2D eigenvalue weighted by Gasteiger charge is -2.32. The first-order chi connectivity index (χ1) is 12.0. The molecular formula is C18H21N3O3S. The zero-order chi connectivity index (χ0) is 17.9. The van der Waals surface area contributed by atoms with Gasteiger partial charge in [-0.1, -0.05) is 12.1 Å². The third-order valence-electron chi connectivity index (χ3n) is 4.35. The van der Waals surface area contributed by atoms with Crippen molar-refractivity contribution in [2.24, 2.45) is 5.73 Å². The molecule has 1 atom stereocenters. The van der Waals surface area contributed by atoms with E-state index in [0.29, 0.717) is 23.4 Å². The fraction of sp³-hybridized carbons (Fsp3) is 0.333. The minimum absolute atomic E-state index is 0.214. The van der Waals surface area contributed by atoms with E-state index in [1.807, 2.05) is 17.5 Å². The van der Waals surface area contributed by atoms with Gasteiger partial charge in [0.2, 0.25) is 0 Å². The predicted molar refractivity (Wildman–Crippen MR) is 97.7 cm³/mol. The molecule has 1 fully saturated rings. The lowest BCUT2D eigenvalue weighted by molar-refractivity contribution is 0.0170. The predicted octanol–water partition coefficient (Wildman–Crippen LogP) is 1.36. The fourth-order valence-electron chi connectivity index (χ4n) is 2.88. The first-order valence-electron chi connectivity index (χ1n) is 8.17. The van der Waals surface area contributed by atoms with E-state index in [1.165, 1.54) is 11.3 Å². The summed E-state index contributed by atoms with van der Waals surface area (Å²) >= 11 is 1.30. The molecule has 0 radical (unpaired) electrons. The first-order valence-corrected chi connectivity index (χ1v) is 9.05. The molecule has 7 heteroatoms. The second-order valence-electron chi connectivity index (χ2n) is 6.33. The van der Waals surface area contributed by atoms with Crippen LogP contribution in [0, 0.1) is 0 Å². The van der Waals surface area contributed by atoms with Crippen LogP contribution in [0.5, 0.6) is 0 Å². The van der Waals surface area contributed by atoms with Gasteiger partial charge in [-0.2, -0.15) is 0 Å². The second-order valence-corrected chi connectivity index (χ2v) is 7.24. The van der Waals surface area contributed by atoms with Crippen molar-refractivity contribution in [3.05, 3.63) is 46.2 Å². The summed E-state index contributed by atoms with van der Waals surface area (Å²) < 4.78 is 0. The number of hydrogen-bond acceptors (Lipinski definition) is 5. The van der Waals surface area contributed by atoms with Crippen LogP contribution in [0.2, 0.25) is 0 Å². The van der Waals surface area contributed by atoms with Crippen LogP contribution in [0.25, 0.3) is 11.1 Å². The monoisotopic (exact) mass is 359 g/mol. The maximum atomic E-state index is 12.3. The molecule has 6 nitrogen and oxygen atoms in total. The molecule has 1 aromatic carbocycles. The first kappa shape index (κ1) is 17.6. The molecule has 25 heavy (non-hydrogen) atoms. The van der Waals surface area contributed by atoms with Gasteiger partial charge in [-0.05, 0) is 54.1 Å². The van der Waals surface area contributed by atoms with Gasteiger partial charge >= 0.3 is 0 Å². The third-order valence-corrected chi connectivity index (χ3v) is 5.30. The topological polar surface area (TPSA) is 104 Å². The van der Waals surface area contributed by atoms with Crippen molar-refractivity contribution in [3.63, 3.8) is 0 Å². The van der Waals surface area contributed by atoms with E-state index in [9.17, 15) is 14.7 Å². The Balaban J connectivity index is 1.63. The lowest BCUT2D eigenvalue weighted by atomic mass is 9.94. The average Bonchev–Trinajstić information content (AvgIpc) is 3.11. The molecule has 1 aliphatic rings. The number of β-amino-alcohol motifs (C(OH)–C–C–N with tert-alkyl or cyclic N) is 1. The van der Waals surface area contributed by atoms with Gasteiger partial charge in [0, 0.05) is 18.7 Å². The highest BCUT2D eigenvalue weighted by Gasteiger charge is 2.29. The van der Waals surface area contributed by atoms with Gasteiger partial charge in [0.05, 0.1) is 10.5 Å². The molecule has 3 rings (SSSR count). The summed E-state index contributed by atoms with van der Waals surface area (Å²) in [4.78, 5) is 23.9. The SMILES string of the molecule is NC(=O)c1cc(-c2ccc(C(=O)NC[C@@]3(O)CCCNC3)cc2)cs1. The number of benzene rings is 1. The Morgan fingerprint density at radius 1 is 1.28 bits per heavy atom. The van der Waals surface area contributed by atoms with Crippen LogP contribution in [0.1, 0.15) is 32.9 Å². The molecule has 1 saturated heterocycles. The van der Waals surface area contributed by atoms with Crippen LogP contribution in [0.15, 0.2) is 35.7 Å². The fourth-order valence-corrected chi connectivity index (χ4v) is 3.65. The molecule has 1 aromatic heterocycles. The van der Waals surface area contributed by atoms with Gasteiger partial charge < -0.3 is 21.5 Å². The standard InChI is InChI=1S/C18H21N3O3S/c19-16(22)15-8-14(9-25-15)12-2-4-13(5-3-12)17(23)21-11-18(24)6-1-7-20-10-18/h2-5,8-9,20,24H,1,6-7,10-11H2,(H2,19,22)(H,21,23)/t18-/m1/s1. The van der Waals surface area contributed by atoms with Crippen molar-refractivity contribution in [2.75, 3.05) is 19.6 Å². The van der Waals surface area contributed by atoms with E-state index in [4.69, 9.17) is 5.73 Å². The minimum Gasteiger partial charge on any atom is -0.387 e. The summed E-state index contributed by atoms with van der Waals surface area (Å²) in [5.74, 6) is -0.656. The summed E-state index contributed by atoms with van der Waals surface area (Å²) in [6, 6.07) is 8.87. The molecule has 2 amide bonds. The maximum absolute atomic E-state index is 12.3. The third kappa shape index (κ3) is 4.25. The molecule has 132 valence electrons. The van der Waals surface area contributed by atoms with Crippen molar-refractivity contribution in [3.8, 4) is 11.1 Å². The summed E-state index contributed by atoms with van der Waals surface area (Å²) in [7, 11) is 0. The zero-order valence-corrected chi connectivity index (χ0v) is 14.6. The molecular weight excluding hydrogens is 338 g/mol. The lowest BCUT2D eigenvalue weighted by Crippen LogP contribution is -2.52. The van der Waals surface area contributed by atoms with E-state index < -0.39 is 11.5 Å². The number of aliphatic hydroxyl groups is 1. The van der Waals surface area contributed by atoms with Crippen LogP contribution in [0.3, 0.4) is 0 Å². The Morgan fingerprint density at radius 2 is 2.04 bits per heavy atom. The number of amides is 2. The van der Waals surface area contributed by atoms with Crippen molar-refractivity contribution in [2.45, 2.75) is 18.4 Å². The minimum atomic E-state index is -0.879. The Labute approximate surface area is 150 Å². The number of nitrogens with one attached hydrogen (secondary N) is 2. The maximum Gasteiger partial charge on any atom is 0.258 e. The van der Waals surface area contributed by atoms with Crippen LogP contribution >= 0.6 is 11.3 Å². The van der Waals surface area contributed by atoms with Crippen molar-refractivity contribution < 1.29 is 14.7 Å². The summed E-state index contributed by atoms with van der Waals surface area (Å²) in [6.07, 6.45) is 1.58. The Kier molecular flexibility index (Phi) is 5.17. The van der Waals surface area contributed by atoms with E-state index in [2.05, 4.69) is 10.6 Å². The number of carbonyl (C=O) groups is 2. The average molecular weight is 359 g/mol. The summed E-state index contributed by atoms with van der Waals surface area (Å²) in [6.45, 7) is 1.62. The van der Waals surface area contributed by atoms with Gasteiger partial charge in [0.1, 0.15) is 0 Å². The largest absolute Gasteiger partial charge is 0.387 e. The number of thiophene rings is 1. The highest BCUT2D eigenvalue weighted by Crippen LogP contribution is 2.25. The molecule has 0 unspecified atom stereocenters. The number of rotatable bonds is 5. The summed E-state index contributed by atoms with van der Waals surface area (Å²) in [5.41, 5.74) is 6.73. The molecule has 2 heterocycles. The quantitative estimate of drug-likeness (QED) is 0.647. The number of primary amides is 1. The molecule has 0 bridgehead atoms. The molecule has 0 aliphatic carbocycles. The highest BCUT2D eigenvalue weighted by molar-refractivity contribution is 7.12. The Bertz CT molecular complexity index is 764. The molecule has 0 spiro atoms. The Hall–Kier alpha value is -2.22. The number of nitrogens with two attached hydrogens (primary N) is 1. The normalized spacial score (nSPS) is 20.2. The van der Waals surface area contributed by atoms with Gasteiger partial charge in [-0.3, -0.25) is 9.59 Å². The number of hydrogen-bond donors (Lipinski definition) is 4. The number of piperidine rings is 1. The number of carbonyl (C=O) groups excluding carboxylic acids is 2. The molecule has 0 saturated carbocycles. The van der Waals surface area contributed by atoms with E-state index >= 15 is 0 Å². The van der Waals surface area contributed by atoms with Crippen molar-refractivity contribution >= 4 is 23.2 Å². The van der Waals surface area contributed by atoms with Gasteiger partial charge in [0.15, 0.2) is 0 Å². The van der Waals surface area contributed by atoms with Crippen molar-refractivity contribution in [1.82, 2.24) is 10.6 Å². The van der Waals surface area contributed by atoms with Crippen LogP contribution < -0.4 is 16.4 Å². The smallest absolute Gasteiger partial charge is 0.258 e. The second kappa shape index (κ2) is 7.35. The van der Waals surface area contributed by atoms with Gasteiger partial charge in [-0.15, -0.1) is 11.3 Å². The van der Waals surface area contributed by atoms with Gasteiger partial charge in [0.25, 0.3) is 11.8 Å². The summed E-state index contributed by atoms with van der Waals surface area (Å²) in [5, 5.41) is 18.2. The van der Waals surface area contributed by atoms with E-state index in [0.717, 1.165) is 24.1 Å². The van der Waals surface area contributed by atoms with Crippen LogP contribution in [-0.4, -0.2) is 42.2 Å². The van der Waals surface area contributed by atoms with E-state index in [1.54, 1.807) is 18.2 Å². The van der Waals surface area contributed by atoms with Crippen molar-refractivity contribution in [1.29, 1.82) is 0 Å². The molecule has 1 aliphatic heterocycles. The van der Waals surface area contributed by atoms with E-state index in [-0.39, 0.29) is 12.5 Å². The molecule has 5 N–H and O–H groups in total. The zero-order valence-electron chi connectivity index (χ0n) is 13.7. The van der Waals surface area contributed by atoms with Crippen LogP contribution in [-0.2, 0) is 0 Å². The molecule has 2 aromatic rings. The van der Waals surface area contributed by atoms with Gasteiger partial charge in [-0.25, -0.2) is 0 Å². The highest BCUT2D eigenvalue weighted by atomic mass is 32.1. The van der Waals surface area contributed by atoms with Crippen LogP contribution in [0.4, 0.5) is 0 Å². The Morgan fingerprint density at radius 3 is 2.64 bits per heavy atom.